The molecule has 0 spiro atoms. The van der Waals surface area contributed by atoms with Crippen molar-refractivity contribution in [2.24, 2.45) is 11.3 Å². The molecule has 104 valence electrons. The number of nitrogens with one attached hydrogen (secondary N) is 1. The second-order valence-corrected chi connectivity index (χ2v) is 7.72. The van der Waals surface area contributed by atoms with Crippen molar-refractivity contribution < 1.29 is 21.6 Å². The van der Waals surface area contributed by atoms with E-state index in [4.69, 9.17) is 0 Å². The fourth-order valence-corrected chi connectivity index (χ4v) is 2.01. The lowest BCUT2D eigenvalue weighted by atomic mass is 9.80. The van der Waals surface area contributed by atoms with Gasteiger partial charge in [0.05, 0.1) is 11.2 Å². The molecule has 0 bridgehead atoms. The Kier molecular flexibility index (Phi) is 5.05. The number of halogens is 3. The molecule has 0 fully saturated rings. The minimum absolute atomic E-state index is 0.618. The van der Waals surface area contributed by atoms with Crippen molar-refractivity contribution in [1.29, 1.82) is 0 Å². The third kappa shape index (κ3) is 5.25. The minimum atomic E-state index is -4.42. The number of hydrogen-bond donors (Lipinski definition) is 1. The molecular weight excluding hydrogens is 255 g/mol. The second-order valence-electron chi connectivity index (χ2n) is 5.40. The normalized spacial score (nSPS) is 16.3. The van der Waals surface area contributed by atoms with E-state index in [0.29, 0.717) is 0 Å². The topological polar surface area (TPSA) is 46.2 Å². The zero-order valence-electron chi connectivity index (χ0n) is 10.7. The molecule has 0 heterocycles. The van der Waals surface area contributed by atoms with Crippen LogP contribution in [0.15, 0.2) is 0 Å². The molecule has 0 aromatic carbocycles. The first kappa shape index (κ1) is 16.7. The molecule has 0 aromatic heterocycles. The molecule has 0 aliphatic carbocycles. The van der Waals surface area contributed by atoms with Gasteiger partial charge in [0.25, 0.3) is 0 Å². The highest BCUT2D eigenvalue weighted by Gasteiger charge is 2.46. The summed E-state index contributed by atoms with van der Waals surface area (Å²) in [5.74, 6) is -1.71. The number of hydrogen-bond acceptors (Lipinski definition) is 2. The van der Waals surface area contributed by atoms with Gasteiger partial charge in [-0.1, -0.05) is 20.8 Å². The Morgan fingerprint density at radius 1 is 1.12 bits per heavy atom. The molecule has 0 radical (unpaired) electrons. The summed E-state index contributed by atoms with van der Waals surface area (Å²) in [4.78, 5) is 0. The van der Waals surface area contributed by atoms with Gasteiger partial charge in [0.1, 0.15) is 0 Å². The monoisotopic (exact) mass is 275 g/mol. The predicted molar refractivity (Wildman–Crippen MR) is 61.1 cm³/mol. The van der Waals surface area contributed by atoms with Gasteiger partial charge in [0, 0.05) is 6.54 Å². The van der Waals surface area contributed by atoms with Crippen LogP contribution in [0.4, 0.5) is 13.2 Å². The van der Waals surface area contributed by atoms with Crippen LogP contribution in [0.25, 0.3) is 0 Å². The summed E-state index contributed by atoms with van der Waals surface area (Å²) < 4.78 is 63.1. The van der Waals surface area contributed by atoms with Gasteiger partial charge in [0.15, 0.2) is 0 Å². The van der Waals surface area contributed by atoms with Crippen molar-refractivity contribution in [3.63, 3.8) is 0 Å². The standard InChI is InChI=1S/C10H20F3NO2S/c1-7(2)17(15,16)14-6-8(9(3,4)5)10(11,12)13/h7-8,14H,6H2,1-5H3. The maximum absolute atomic E-state index is 12.8. The largest absolute Gasteiger partial charge is 0.393 e. The Labute approximate surface area is 101 Å². The maximum atomic E-state index is 12.8. The zero-order valence-corrected chi connectivity index (χ0v) is 11.5. The van der Waals surface area contributed by atoms with E-state index in [0.717, 1.165) is 0 Å². The lowest BCUT2D eigenvalue weighted by Gasteiger charge is -2.32. The van der Waals surface area contributed by atoms with Crippen LogP contribution in [-0.4, -0.2) is 26.4 Å². The summed E-state index contributed by atoms with van der Waals surface area (Å²) in [7, 11) is -3.66. The van der Waals surface area contributed by atoms with Gasteiger partial charge < -0.3 is 0 Å². The lowest BCUT2D eigenvalue weighted by molar-refractivity contribution is -0.197. The zero-order chi connectivity index (χ0) is 14.1. The summed E-state index contributed by atoms with van der Waals surface area (Å²) in [5, 5.41) is -0.739. The first-order valence-electron chi connectivity index (χ1n) is 5.33. The SMILES string of the molecule is CC(C)S(=O)(=O)NCC(C(C)(C)C)C(F)(F)F. The van der Waals surface area contributed by atoms with Gasteiger partial charge in [-0.3, -0.25) is 0 Å². The van der Waals surface area contributed by atoms with Crippen LogP contribution >= 0.6 is 0 Å². The fourth-order valence-electron chi connectivity index (χ4n) is 1.28. The Bertz CT molecular complexity index is 328. The van der Waals surface area contributed by atoms with Crippen LogP contribution in [0.3, 0.4) is 0 Å². The average Bonchev–Trinajstić information content (AvgIpc) is 1.97. The Morgan fingerprint density at radius 3 is 1.76 bits per heavy atom. The van der Waals surface area contributed by atoms with E-state index >= 15 is 0 Å². The molecular formula is C10H20F3NO2S. The van der Waals surface area contributed by atoms with Crippen LogP contribution in [0.2, 0.25) is 0 Å². The van der Waals surface area contributed by atoms with E-state index < -0.39 is 39.3 Å². The van der Waals surface area contributed by atoms with Crippen LogP contribution in [0.1, 0.15) is 34.6 Å². The molecule has 1 unspecified atom stereocenters. The van der Waals surface area contributed by atoms with E-state index in [1.54, 1.807) is 0 Å². The van der Waals surface area contributed by atoms with E-state index in [2.05, 4.69) is 0 Å². The molecule has 3 nitrogen and oxygen atoms in total. The Morgan fingerprint density at radius 2 is 1.53 bits per heavy atom. The highest BCUT2D eigenvalue weighted by Crippen LogP contribution is 2.39. The molecule has 0 saturated heterocycles. The molecule has 1 N–H and O–H groups in total. The molecule has 17 heavy (non-hydrogen) atoms. The quantitative estimate of drug-likeness (QED) is 0.857. The van der Waals surface area contributed by atoms with Crippen molar-refractivity contribution >= 4 is 10.0 Å². The smallest absolute Gasteiger partial charge is 0.214 e. The highest BCUT2D eigenvalue weighted by atomic mass is 32.2. The average molecular weight is 275 g/mol. The Hall–Kier alpha value is -0.300. The Balaban J connectivity index is 4.84. The summed E-state index contributed by atoms with van der Waals surface area (Å²) in [5.41, 5.74) is -1.04. The molecule has 0 rings (SSSR count). The van der Waals surface area contributed by atoms with Gasteiger partial charge >= 0.3 is 6.18 Å². The maximum Gasteiger partial charge on any atom is 0.393 e. The summed E-state index contributed by atoms with van der Waals surface area (Å²) in [6.07, 6.45) is -4.42. The van der Waals surface area contributed by atoms with Crippen LogP contribution in [0.5, 0.6) is 0 Å². The molecule has 0 aromatic rings. The number of rotatable bonds is 4. The van der Waals surface area contributed by atoms with Gasteiger partial charge in [-0.05, 0) is 19.3 Å². The molecule has 0 saturated carbocycles. The van der Waals surface area contributed by atoms with Crippen LogP contribution < -0.4 is 4.72 Å². The number of sulfonamides is 1. The van der Waals surface area contributed by atoms with Crippen molar-refractivity contribution in [3.05, 3.63) is 0 Å². The first-order valence-corrected chi connectivity index (χ1v) is 6.88. The van der Waals surface area contributed by atoms with Crippen molar-refractivity contribution in [3.8, 4) is 0 Å². The van der Waals surface area contributed by atoms with Crippen LogP contribution in [-0.2, 0) is 10.0 Å². The van der Waals surface area contributed by atoms with Crippen molar-refractivity contribution in [2.75, 3.05) is 6.54 Å². The van der Waals surface area contributed by atoms with Crippen molar-refractivity contribution in [2.45, 2.75) is 46.0 Å². The second kappa shape index (κ2) is 5.14. The highest BCUT2D eigenvalue weighted by molar-refractivity contribution is 7.90. The predicted octanol–water partition coefficient (Wildman–Crippen LogP) is 2.54. The molecule has 0 amide bonds. The van der Waals surface area contributed by atoms with E-state index in [1.807, 2.05) is 4.72 Å². The van der Waals surface area contributed by atoms with Gasteiger partial charge in [-0.25, -0.2) is 13.1 Å². The third-order valence-corrected chi connectivity index (χ3v) is 4.36. The first-order chi connectivity index (χ1) is 7.28. The molecule has 1 atom stereocenters. The van der Waals surface area contributed by atoms with Gasteiger partial charge in [-0.15, -0.1) is 0 Å². The van der Waals surface area contributed by atoms with Crippen molar-refractivity contribution in [1.82, 2.24) is 4.72 Å². The molecule has 7 heteroatoms. The lowest BCUT2D eigenvalue weighted by Crippen LogP contribution is -2.44. The van der Waals surface area contributed by atoms with Gasteiger partial charge in [-0.2, -0.15) is 13.2 Å². The van der Waals surface area contributed by atoms with Crippen LogP contribution in [0, 0.1) is 11.3 Å². The summed E-state index contributed by atoms with van der Waals surface area (Å²) in [6, 6.07) is 0. The van der Waals surface area contributed by atoms with E-state index in [-0.39, 0.29) is 0 Å². The van der Waals surface area contributed by atoms with Gasteiger partial charge in [0.2, 0.25) is 10.0 Å². The summed E-state index contributed by atoms with van der Waals surface area (Å²) in [6.45, 7) is 6.54. The molecule has 0 aliphatic heterocycles. The summed E-state index contributed by atoms with van der Waals surface area (Å²) >= 11 is 0. The third-order valence-electron chi connectivity index (χ3n) is 2.55. The van der Waals surface area contributed by atoms with E-state index in [9.17, 15) is 21.6 Å². The number of alkyl halides is 3. The minimum Gasteiger partial charge on any atom is -0.214 e. The van der Waals surface area contributed by atoms with E-state index in [1.165, 1.54) is 34.6 Å². The fraction of sp³-hybridized carbons (Fsp3) is 1.00. The molecule has 0 aliphatic rings.